The Morgan fingerprint density at radius 1 is 1.16 bits per heavy atom. The lowest BCUT2D eigenvalue weighted by molar-refractivity contribution is -0.143. The molecule has 0 aliphatic carbocycles. The molecule has 0 saturated carbocycles. The lowest BCUT2D eigenvalue weighted by Crippen LogP contribution is -2.44. The van der Waals surface area contributed by atoms with E-state index in [4.69, 9.17) is 0 Å². The molecule has 0 saturated heterocycles. The maximum atomic E-state index is 13.1. The van der Waals surface area contributed by atoms with Gasteiger partial charge in [-0.1, -0.05) is 67.0 Å². The van der Waals surface area contributed by atoms with Gasteiger partial charge in [0.25, 0.3) is 0 Å². The van der Waals surface area contributed by atoms with E-state index in [1.54, 1.807) is 4.90 Å². The van der Waals surface area contributed by atoms with E-state index in [-0.39, 0.29) is 24.4 Å². The van der Waals surface area contributed by atoms with Gasteiger partial charge < -0.3 is 10.2 Å². The fraction of sp³-hybridized carbons (Fsp3) is 0.300. The van der Waals surface area contributed by atoms with Gasteiger partial charge in [0.1, 0.15) is 6.54 Å². The van der Waals surface area contributed by atoms with Crippen LogP contribution in [0.1, 0.15) is 37.9 Å². The lowest BCUT2D eigenvalue weighted by Gasteiger charge is -2.35. The molecular formula is C20H21BrN2O2. The molecule has 0 fully saturated rings. The van der Waals surface area contributed by atoms with Crippen molar-refractivity contribution in [3.05, 3.63) is 64.1 Å². The standard InChI is InChI=1S/C20H21BrN2O2/c1-20(2,3)19(25)23-12-17(24)22-16-10-9-14(21)11-15(16)18(23)13-7-5-4-6-8-13/h4-11,18H,12H2,1-3H3,(H,22,24)/t18-/m1/s1. The highest BCUT2D eigenvalue weighted by atomic mass is 79.9. The maximum Gasteiger partial charge on any atom is 0.244 e. The number of hydrogen-bond acceptors (Lipinski definition) is 2. The first-order valence-electron chi connectivity index (χ1n) is 8.22. The molecule has 0 bridgehead atoms. The zero-order chi connectivity index (χ0) is 18.2. The van der Waals surface area contributed by atoms with Crippen molar-refractivity contribution in [2.45, 2.75) is 26.8 Å². The third-order valence-corrected chi connectivity index (χ3v) is 4.72. The molecule has 1 aliphatic heterocycles. The molecule has 3 rings (SSSR count). The SMILES string of the molecule is CC(C)(C)C(=O)N1CC(=O)Nc2ccc(Br)cc2[C@H]1c1ccccc1. The van der Waals surface area contributed by atoms with Crippen molar-refractivity contribution < 1.29 is 9.59 Å². The lowest BCUT2D eigenvalue weighted by atomic mass is 9.90. The van der Waals surface area contributed by atoms with Crippen LogP contribution in [0, 0.1) is 5.41 Å². The molecule has 0 unspecified atom stereocenters. The Morgan fingerprint density at radius 3 is 2.48 bits per heavy atom. The zero-order valence-electron chi connectivity index (χ0n) is 14.5. The van der Waals surface area contributed by atoms with Crippen molar-refractivity contribution in [1.29, 1.82) is 0 Å². The first-order valence-corrected chi connectivity index (χ1v) is 9.02. The molecule has 0 radical (unpaired) electrons. The summed E-state index contributed by atoms with van der Waals surface area (Å²) in [6.07, 6.45) is 0. The van der Waals surface area contributed by atoms with Crippen molar-refractivity contribution in [1.82, 2.24) is 4.90 Å². The molecule has 130 valence electrons. The Hall–Kier alpha value is -2.14. The van der Waals surface area contributed by atoms with Gasteiger partial charge >= 0.3 is 0 Å². The van der Waals surface area contributed by atoms with E-state index in [1.807, 2.05) is 69.3 Å². The number of nitrogens with one attached hydrogen (secondary N) is 1. The van der Waals surface area contributed by atoms with Crippen molar-refractivity contribution in [2.75, 3.05) is 11.9 Å². The topological polar surface area (TPSA) is 49.4 Å². The van der Waals surface area contributed by atoms with E-state index < -0.39 is 5.41 Å². The van der Waals surface area contributed by atoms with Crippen LogP contribution in [0.3, 0.4) is 0 Å². The summed E-state index contributed by atoms with van der Waals surface area (Å²) < 4.78 is 0.909. The number of hydrogen-bond donors (Lipinski definition) is 1. The number of anilines is 1. The molecule has 1 atom stereocenters. The van der Waals surface area contributed by atoms with Crippen LogP contribution in [0.15, 0.2) is 53.0 Å². The van der Waals surface area contributed by atoms with E-state index in [1.165, 1.54) is 0 Å². The van der Waals surface area contributed by atoms with Crippen molar-refractivity contribution in [3.63, 3.8) is 0 Å². The summed E-state index contributed by atoms with van der Waals surface area (Å²) in [5.74, 6) is -0.232. The van der Waals surface area contributed by atoms with E-state index in [2.05, 4.69) is 21.2 Å². The third kappa shape index (κ3) is 3.61. The van der Waals surface area contributed by atoms with Crippen LogP contribution >= 0.6 is 15.9 Å². The monoisotopic (exact) mass is 400 g/mol. The molecule has 0 spiro atoms. The van der Waals surface area contributed by atoms with Gasteiger partial charge in [-0.15, -0.1) is 0 Å². The minimum Gasteiger partial charge on any atom is -0.324 e. The van der Waals surface area contributed by atoms with Crippen LogP contribution in [-0.4, -0.2) is 23.3 Å². The number of carbonyl (C=O) groups is 2. The molecule has 0 aromatic heterocycles. The second-order valence-corrected chi connectivity index (χ2v) is 8.19. The first kappa shape index (κ1) is 17.7. The number of fused-ring (bicyclic) bond motifs is 1. The predicted octanol–water partition coefficient (Wildman–Crippen LogP) is 4.37. The van der Waals surface area contributed by atoms with Crippen molar-refractivity contribution in [3.8, 4) is 0 Å². The fourth-order valence-corrected chi connectivity index (χ4v) is 3.47. The summed E-state index contributed by atoms with van der Waals surface area (Å²) in [6.45, 7) is 5.66. The van der Waals surface area contributed by atoms with Gasteiger partial charge in [0.05, 0.1) is 6.04 Å². The number of carbonyl (C=O) groups excluding carboxylic acids is 2. The smallest absolute Gasteiger partial charge is 0.244 e. The van der Waals surface area contributed by atoms with Crippen LogP contribution in [0.4, 0.5) is 5.69 Å². The predicted molar refractivity (Wildman–Crippen MR) is 102 cm³/mol. The van der Waals surface area contributed by atoms with Crippen LogP contribution in [0.25, 0.3) is 0 Å². The highest BCUT2D eigenvalue weighted by molar-refractivity contribution is 9.10. The Labute approximate surface area is 156 Å². The van der Waals surface area contributed by atoms with Gasteiger partial charge in [-0.05, 0) is 23.8 Å². The van der Waals surface area contributed by atoms with E-state index in [9.17, 15) is 9.59 Å². The highest BCUT2D eigenvalue weighted by Gasteiger charge is 2.37. The Balaban J connectivity index is 2.22. The van der Waals surface area contributed by atoms with Gasteiger partial charge in [-0.3, -0.25) is 9.59 Å². The summed E-state index contributed by atoms with van der Waals surface area (Å²) in [5.41, 5.74) is 2.05. The Morgan fingerprint density at radius 2 is 1.84 bits per heavy atom. The second-order valence-electron chi connectivity index (χ2n) is 7.28. The Kier molecular flexibility index (Phi) is 4.69. The van der Waals surface area contributed by atoms with Crippen molar-refractivity contribution in [2.24, 2.45) is 5.41 Å². The molecule has 1 N–H and O–H groups in total. The second kappa shape index (κ2) is 6.64. The molecule has 1 aliphatic rings. The van der Waals surface area contributed by atoms with Crippen LogP contribution in [0.5, 0.6) is 0 Å². The first-order chi connectivity index (χ1) is 11.8. The molecule has 2 aromatic carbocycles. The number of benzene rings is 2. The molecular weight excluding hydrogens is 380 g/mol. The average molecular weight is 401 g/mol. The summed E-state index contributed by atoms with van der Waals surface area (Å²) in [7, 11) is 0. The van der Waals surface area contributed by atoms with Crippen LogP contribution in [-0.2, 0) is 9.59 Å². The summed E-state index contributed by atoms with van der Waals surface area (Å²) in [5, 5.41) is 2.93. The molecule has 25 heavy (non-hydrogen) atoms. The minimum atomic E-state index is -0.580. The zero-order valence-corrected chi connectivity index (χ0v) is 16.1. The molecule has 1 heterocycles. The molecule has 2 aromatic rings. The Bertz CT molecular complexity index is 812. The van der Waals surface area contributed by atoms with Gasteiger partial charge in [0, 0.05) is 21.1 Å². The van der Waals surface area contributed by atoms with Gasteiger partial charge in [-0.2, -0.15) is 0 Å². The van der Waals surface area contributed by atoms with E-state index >= 15 is 0 Å². The molecule has 5 heteroatoms. The maximum absolute atomic E-state index is 13.1. The van der Waals surface area contributed by atoms with Gasteiger partial charge in [-0.25, -0.2) is 0 Å². The quantitative estimate of drug-likeness (QED) is 0.772. The summed E-state index contributed by atoms with van der Waals surface area (Å²) in [4.78, 5) is 27.2. The summed E-state index contributed by atoms with van der Waals surface area (Å²) in [6, 6.07) is 15.3. The number of halogens is 1. The molecule has 4 nitrogen and oxygen atoms in total. The van der Waals surface area contributed by atoms with E-state index in [0.29, 0.717) is 0 Å². The summed E-state index contributed by atoms with van der Waals surface area (Å²) >= 11 is 3.51. The highest BCUT2D eigenvalue weighted by Crippen LogP contribution is 2.39. The minimum absolute atomic E-state index is 0.0297. The molecule has 2 amide bonds. The van der Waals surface area contributed by atoms with Gasteiger partial charge in [0.15, 0.2) is 0 Å². The van der Waals surface area contributed by atoms with E-state index in [0.717, 1.165) is 21.3 Å². The van der Waals surface area contributed by atoms with Crippen LogP contribution in [0.2, 0.25) is 0 Å². The largest absolute Gasteiger partial charge is 0.324 e. The van der Waals surface area contributed by atoms with Crippen LogP contribution < -0.4 is 5.32 Å². The van der Waals surface area contributed by atoms with Crippen molar-refractivity contribution >= 4 is 33.4 Å². The number of nitrogens with zero attached hydrogens (tertiary/aromatic N) is 1. The average Bonchev–Trinajstić information content (AvgIpc) is 2.69. The normalized spacial score (nSPS) is 17.5. The third-order valence-electron chi connectivity index (χ3n) is 4.23. The number of rotatable bonds is 1. The number of amides is 2. The fourth-order valence-electron chi connectivity index (χ4n) is 3.09. The van der Waals surface area contributed by atoms with Gasteiger partial charge in [0.2, 0.25) is 11.8 Å².